The number of aromatic amines is 1. The minimum absolute atomic E-state index is 0.147. The minimum Gasteiger partial charge on any atom is -0.325 e. The van der Waals surface area contributed by atoms with Crippen molar-refractivity contribution in [3.8, 4) is 0 Å². The quantitative estimate of drug-likeness (QED) is 0.864. The summed E-state index contributed by atoms with van der Waals surface area (Å²) in [6, 6.07) is 8.79. The molecule has 21 heavy (non-hydrogen) atoms. The molecule has 6 heteroatoms. The van der Waals surface area contributed by atoms with E-state index in [1.807, 2.05) is 24.3 Å². The number of nitrogens with zero attached hydrogens (tertiary/aromatic N) is 1. The van der Waals surface area contributed by atoms with Gasteiger partial charge in [-0.05, 0) is 24.1 Å². The predicted molar refractivity (Wildman–Crippen MR) is 80.4 cm³/mol. The Labute approximate surface area is 121 Å². The van der Waals surface area contributed by atoms with Crippen LogP contribution in [0, 0.1) is 0 Å². The van der Waals surface area contributed by atoms with Crippen molar-refractivity contribution < 1.29 is 4.79 Å². The fourth-order valence-electron chi connectivity index (χ4n) is 1.97. The number of carbonyl (C=O) groups excluding carboxylic acids is 1. The van der Waals surface area contributed by atoms with Gasteiger partial charge in [-0.3, -0.25) is 19.1 Å². The van der Waals surface area contributed by atoms with Crippen molar-refractivity contribution in [1.29, 1.82) is 0 Å². The summed E-state index contributed by atoms with van der Waals surface area (Å²) in [6.45, 7) is 1.96. The summed E-state index contributed by atoms with van der Waals surface area (Å²) in [7, 11) is 0. The maximum Gasteiger partial charge on any atom is 0.328 e. The fraction of sp³-hybridized carbons (Fsp3) is 0.267. The van der Waals surface area contributed by atoms with Crippen LogP contribution < -0.4 is 16.6 Å². The average molecular weight is 287 g/mol. The number of carbonyl (C=O) groups is 1. The van der Waals surface area contributed by atoms with Gasteiger partial charge in [0.05, 0.1) is 0 Å². The Morgan fingerprint density at radius 3 is 2.52 bits per heavy atom. The maximum absolute atomic E-state index is 11.9. The number of H-pyrrole nitrogens is 1. The first-order chi connectivity index (χ1) is 10.1. The van der Waals surface area contributed by atoms with Crippen LogP contribution in [-0.2, 0) is 17.8 Å². The zero-order chi connectivity index (χ0) is 15.2. The van der Waals surface area contributed by atoms with Gasteiger partial charge in [0.2, 0.25) is 5.91 Å². The third-order valence-electron chi connectivity index (χ3n) is 2.99. The molecule has 0 atom stereocenters. The third-order valence-corrected chi connectivity index (χ3v) is 2.99. The standard InChI is InChI=1S/C15H17N3O3/c1-2-3-11-4-6-12(7-5-11)16-14(20)10-18-9-8-13(19)17-15(18)21/h4-9H,2-3,10H2,1H3,(H,16,20)(H,17,19,21). The van der Waals surface area contributed by atoms with E-state index in [4.69, 9.17) is 0 Å². The second-order valence-corrected chi connectivity index (χ2v) is 4.73. The Kier molecular flexibility index (Phi) is 4.71. The molecule has 0 radical (unpaired) electrons. The SMILES string of the molecule is CCCc1ccc(NC(=O)Cn2ccc(=O)[nH]c2=O)cc1. The second-order valence-electron chi connectivity index (χ2n) is 4.73. The van der Waals surface area contributed by atoms with Gasteiger partial charge in [0.15, 0.2) is 0 Å². The van der Waals surface area contributed by atoms with Gasteiger partial charge >= 0.3 is 5.69 Å². The van der Waals surface area contributed by atoms with E-state index in [0.717, 1.165) is 17.4 Å². The highest BCUT2D eigenvalue weighted by Gasteiger charge is 2.05. The molecule has 0 bridgehead atoms. The Bertz CT molecular complexity index is 729. The molecule has 2 rings (SSSR count). The number of anilines is 1. The number of benzene rings is 1. The first-order valence-corrected chi connectivity index (χ1v) is 6.77. The number of hydrogen-bond donors (Lipinski definition) is 2. The lowest BCUT2D eigenvalue weighted by Crippen LogP contribution is -2.32. The zero-order valence-corrected chi connectivity index (χ0v) is 11.8. The Hall–Kier alpha value is -2.63. The molecule has 0 spiro atoms. The summed E-state index contributed by atoms with van der Waals surface area (Å²) >= 11 is 0. The van der Waals surface area contributed by atoms with Crippen LogP contribution in [0.25, 0.3) is 0 Å². The lowest BCUT2D eigenvalue weighted by Gasteiger charge is -2.07. The zero-order valence-electron chi connectivity index (χ0n) is 11.8. The summed E-state index contributed by atoms with van der Waals surface area (Å²) in [4.78, 5) is 36.4. The van der Waals surface area contributed by atoms with E-state index in [0.29, 0.717) is 5.69 Å². The Balaban J connectivity index is 2.01. The van der Waals surface area contributed by atoms with E-state index in [9.17, 15) is 14.4 Å². The second kappa shape index (κ2) is 6.69. The van der Waals surface area contributed by atoms with Gasteiger partial charge in [-0.25, -0.2) is 4.79 Å². The molecular formula is C15H17N3O3. The van der Waals surface area contributed by atoms with Crippen molar-refractivity contribution in [2.75, 3.05) is 5.32 Å². The van der Waals surface area contributed by atoms with E-state index in [2.05, 4.69) is 17.2 Å². The molecular weight excluding hydrogens is 270 g/mol. The van der Waals surface area contributed by atoms with Crippen molar-refractivity contribution >= 4 is 11.6 Å². The summed E-state index contributed by atoms with van der Waals surface area (Å²) in [5, 5.41) is 2.71. The normalized spacial score (nSPS) is 10.3. The molecule has 0 saturated heterocycles. The van der Waals surface area contributed by atoms with Crippen LogP contribution >= 0.6 is 0 Å². The van der Waals surface area contributed by atoms with Crippen LogP contribution in [0.15, 0.2) is 46.1 Å². The van der Waals surface area contributed by atoms with Crippen molar-refractivity contribution in [3.05, 3.63) is 62.9 Å². The van der Waals surface area contributed by atoms with Gasteiger partial charge in [-0.2, -0.15) is 0 Å². The molecule has 1 aromatic heterocycles. The first kappa shape index (κ1) is 14.8. The van der Waals surface area contributed by atoms with E-state index in [1.165, 1.54) is 17.8 Å². The number of aromatic nitrogens is 2. The maximum atomic E-state index is 11.9. The van der Waals surface area contributed by atoms with Gasteiger partial charge in [0.1, 0.15) is 6.54 Å². The molecule has 2 aromatic rings. The molecule has 6 nitrogen and oxygen atoms in total. The Morgan fingerprint density at radius 2 is 1.90 bits per heavy atom. The van der Waals surface area contributed by atoms with E-state index in [-0.39, 0.29) is 12.5 Å². The van der Waals surface area contributed by atoms with Crippen LogP contribution in [-0.4, -0.2) is 15.5 Å². The Morgan fingerprint density at radius 1 is 1.19 bits per heavy atom. The molecule has 1 aromatic carbocycles. The molecule has 0 aliphatic rings. The monoisotopic (exact) mass is 287 g/mol. The molecule has 0 aliphatic heterocycles. The minimum atomic E-state index is -0.601. The third kappa shape index (κ3) is 4.17. The highest BCUT2D eigenvalue weighted by Crippen LogP contribution is 2.10. The number of amides is 1. The number of hydrogen-bond acceptors (Lipinski definition) is 3. The van der Waals surface area contributed by atoms with Crippen LogP contribution in [0.5, 0.6) is 0 Å². The van der Waals surface area contributed by atoms with Gasteiger partial charge in [0.25, 0.3) is 5.56 Å². The highest BCUT2D eigenvalue weighted by atomic mass is 16.2. The number of rotatable bonds is 5. The first-order valence-electron chi connectivity index (χ1n) is 6.77. The summed E-state index contributed by atoms with van der Waals surface area (Å²) in [5.74, 6) is -0.326. The van der Waals surface area contributed by atoms with Crippen molar-refractivity contribution in [2.24, 2.45) is 0 Å². The summed E-state index contributed by atoms with van der Waals surface area (Å²) < 4.78 is 1.14. The molecule has 1 heterocycles. The van der Waals surface area contributed by atoms with Gasteiger partial charge < -0.3 is 5.32 Å². The van der Waals surface area contributed by atoms with Crippen molar-refractivity contribution in [2.45, 2.75) is 26.3 Å². The molecule has 0 aliphatic carbocycles. The van der Waals surface area contributed by atoms with Crippen LogP contribution in [0.2, 0.25) is 0 Å². The van der Waals surface area contributed by atoms with Crippen molar-refractivity contribution in [3.63, 3.8) is 0 Å². The molecule has 0 fully saturated rings. The van der Waals surface area contributed by atoms with E-state index < -0.39 is 11.2 Å². The van der Waals surface area contributed by atoms with Crippen LogP contribution in [0.3, 0.4) is 0 Å². The highest BCUT2D eigenvalue weighted by molar-refractivity contribution is 5.90. The fourth-order valence-corrected chi connectivity index (χ4v) is 1.97. The number of aryl methyl sites for hydroxylation is 1. The topological polar surface area (TPSA) is 84.0 Å². The number of nitrogens with one attached hydrogen (secondary N) is 2. The summed E-state index contributed by atoms with van der Waals surface area (Å²) in [5.41, 5.74) is 0.809. The molecule has 1 amide bonds. The predicted octanol–water partition coefficient (Wildman–Crippen LogP) is 1.13. The van der Waals surface area contributed by atoms with Crippen LogP contribution in [0.1, 0.15) is 18.9 Å². The van der Waals surface area contributed by atoms with Gasteiger partial charge in [-0.1, -0.05) is 25.5 Å². The molecule has 110 valence electrons. The molecule has 0 unspecified atom stereocenters. The average Bonchev–Trinajstić information content (AvgIpc) is 2.44. The lowest BCUT2D eigenvalue weighted by atomic mass is 10.1. The van der Waals surface area contributed by atoms with Crippen LogP contribution in [0.4, 0.5) is 5.69 Å². The van der Waals surface area contributed by atoms with Gasteiger partial charge in [0, 0.05) is 18.0 Å². The smallest absolute Gasteiger partial charge is 0.325 e. The van der Waals surface area contributed by atoms with Gasteiger partial charge in [-0.15, -0.1) is 0 Å². The van der Waals surface area contributed by atoms with Crippen molar-refractivity contribution in [1.82, 2.24) is 9.55 Å². The van der Waals surface area contributed by atoms with E-state index >= 15 is 0 Å². The largest absolute Gasteiger partial charge is 0.328 e. The molecule has 2 N–H and O–H groups in total. The summed E-state index contributed by atoms with van der Waals surface area (Å²) in [6.07, 6.45) is 3.37. The lowest BCUT2D eigenvalue weighted by molar-refractivity contribution is -0.116. The molecule has 0 saturated carbocycles. The van der Waals surface area contributed by atoms with E-state index in [1.54, 1.807) is 0 Å².